The van der Waals surface area contributed by atoms with Crippen LogP contribution in [0.5, 0.6) is 0 Å². The maximum Gasteiger partial charge on any atom is 0.312 e. The molecule has 0 aromatic carbocycles. The number of carbonyl (C=O) groups is 1. The summed E-state index contributed by atoms with van der Waals surface area (Å²) in [6, 6.07) is 0. The van der Waals surface area contributed by atoms with Crippen LogP contribution in [0, 0.1) is 10.8 Å². The first-order chi connectivity index (χ1) is 13.4. The molecule has 0 aliphatic rings. The van der Waals surface area contributed by atoms with Crippen molar-refractivity contribution in [2.45, 2.75) is 46.8 Å². The van der Waals surface area contributed by atoms with E-state index in [2.05, 4.69) is 0 Å². The average molecular weight is 461 g/mol. The molecule has 0 heterocycles. The second-order valence-electron chi connectivity index (χ2n) is 7.68. The molecule has 0 rings (SSSR count). The van der Waals surface area contributed by atoms with Crippen LogP contribution >= 0.6 is 11.8 Å². The molecular formula is C18H36O9S2. The van der Waals surface area contributed by atoms with Crippen LogP contribution in [0.3, 0.4) is 0 Å². The normalized spacial score (nSPS) is 15.7. The minimum absolute atomic E-state index is 0.0540. The number of aliphatic hydroxyl groups excluding tert-OH is 1. The van der Waals surface area contributed by atoms with E-state index in [0.717, 1.165) is 0 Å². The number of hydrogen-bond acceptors (Lipinski definition) is 9. The molecule has 0 aliphatic heterocycles. The Labute approximate surface area is 178 Å². The Kier molecular flexibility index (Phi) is 13.6. The molecule has 2 N–H and O–H groups in total. The van der Waals surface area contributed by atoms with Crippen LogP contribution in [0.1, 0.15) is 40.5 Å². The van der Waals surface area contributed by atoms with Crippen LogP contribution < -0.4 is 0 Å². The van der Waals surface area contributed by atoms with Crippen molar-refractivity contribution in [3.8, 4) is 0 Å². The van der Waals surface area contributed by atoms with Crippen molar-refractivity contribution in [1.29, 1.82) is 0 Å². The van der Waals surface area contributed by atoms with E-state index in [1.54, 1.807) is 13.8 Å². The summed E-state index contributed by atoms with van der Waals surface area (Å²) < 4.78 is 50.8. The van der Waals surface area contributed by atoms with Gasteiger partial charge in [0.2, 0.25) is 0 Å². The van der Waals surface area contributed by atoms with Gasteiger partial charge >= 0.3 is 5.97 Å². The van der Waals surface area contributed by atoms with E-state index in [-0.39, 0.29) is 19.8 Å². The van der Waals surface area contributed by atoms with E-state index < -0.39 is 39.0 Å². The van der Waals surface area contributed by atoms with Crippen LogP contribution in [0.4, 0.5) is 0 Å². The van der Waals surface area contributed by atoms with Crippen LogP contribution in [0.15, 0.2) is 0 Å². The molecule has 0 aromatic heterocycles. The molecule has 11 heteroatoms. The second kappa shape index (κ2) is 13.8. The predicted octanol–water partition coefficient (Wildman–Crippen LogP) is 1.94. The maximum absolute atomic E-state index is 12.1. The average Bonchev–Trinajstić information content (AvgIpc) is 2.65. The highest BCUT2D eigenvalue weighted by Crippen LogP contribution is 2.27. The number of methoxy groups -OCH3 is 1. The van der Waals surface area contributed by atoms with E-state index in [1.165, 1.54) is 18.9 Å². The lowest BCUT2D eigenvalue weighted by atomic mass is 9.88. The van der Waals surface area contributed by atoms with Gasteiger partial charge in [-0.3, -0.25) is 9.35 Å². The summed E-state index contributed by atoms with van der Waals surface area (Å²) in [6.45, 7) is 8.13. The van der Waals surface area contributed by atoms with E-state index >= 15 is 0 Å². The van der Waals surface area contributed by atoms with Gasteiger partial charge in [-0.1, -0.05) is 13.8 Å². The van der Waals surface area contributed by atoms with Gasteiger partial charge in [0.15, 0.2) is 6.29 Å². The SMILES string of the molecule is CCC(C)(COCOCCSCC(C)(C)C(=O)OCCCS(=O)(=O)O)C(O)OC. The van der Waals surface area contributed by atoms with Gasteiger partial charge < -0.3 is 24.1 Å². The number of rotatable bonds is 17. The molecule has 0 amide bonds. The van der Waals surface area contributed by atoms with Crippen molar-refractivity contribution in [3.05, 3.63) is 0 Å². The monoisotopic (exact) mass is 460 g/mol. The Morgan fingerprint density at radius 3 is 2.38 bits per heavy atom. The highest BCUT2D eigenvalue weighted by Gasteiger charge is 2.32. The summed E-state index contributed by atoms with van der Waals surface area (Å²) in [5.74, 6) is 0.327. The third-order valence-corrected chi connectivity index (χ3v) is 6.58. The summed E-state index contributed by atoms with van der Waals surface area (Å²) in [6.07, 6.45) is -0.156. The molecule has 2 atom stereocenters. The molecule has 0 radical (unpaired) electrons. The quantitative estimate of drug-likeness (QED) is 0.144. The van der Waals surface area contributed by atoms with Crippen LogP contribution in [0.25, 0.3) is 0 Å². The first-order valence-corrected chi connectivity index (χ1v) is 12.2. The summed E-state index contributed by atoms with van der Waals surface area (Å²) in [4.78, 5) is 12.1. The van der Waals surface area contributed by atoms with Gasteiger partial charge in [0, 0.05) is 24.0 Å². The van der Waals surface area contributed by atoms with Gasteiger partial charge in [-0.05, 0) is 26.7 Å². The van der Waals surface area contributed by atoms with Crippen molar-refractivity contribution in [1.82, 2.24) is 0 Å². The van der Waals surface area contributed by atoms with E-state index in [1.807, 2.05) is 13.8 Å². The number of esters is 1. The summed E-state index contributed by atoms with van der Waals surface area (Å²) >= 11 is 1.53. The summed E-state index contributed by atoms with van der Waals surface area (Å²) in [5, 5.41) is 9.85. The number of carbonyl (C=O) groups excluding carboxylic acids is 1. The zero-order valence-corrected chi connectivity index (χ0v) is 19.6. The molecule has 0 fully saturated rings. The van der Waals surface area contributed by atoms with Crippen LogP contribution in [-0.2, 0) is 33.9 Å². The smallest absolute Gasteiger partial charge is 0.312 e. The molecule has 0 bridgehead atoms. The Morgan fingerprint density at radius 2 is 1.83 bits per heavy atom. The van der Waals surface area contributed by atoms with Crippen molar-refractivity contribution in [2.24, 2.45) is 10.8 Å². The van der Waals surface area contributed by atoms with E-state index in [0.29, 0.717) is 31.1 Å². The fraction of sp³-hybridized carbons (Fsp3) is 0.944. The lowest BCUT2D eigenvalue weighted by Crippen LogP contribution is -2.37. The standard InChI is InChI=1S/C18H36O9S2/c1-6-18(4,16(20)24-5)12-26-14-25-9-10-28-13-17(2,3)15(19)27-8-7-11-29(21,22)23/h16,20H,6-14H2,1-5H3,(H,21,22,23). The molecule has 0 aliphatic carbocycles. The summed E-state index contributed by atoms with van der Waals surface area (Å²) in [5.41, 5.74) is -1.23. The van der Waals surface area contributed by atoms with Gasteiger partial charge in [-0.15, -0.1) is 0 Å². The fourth-order valence-corrected chi connectivity index (χ4v) is 3.62. The van der Waals surface area contributed by atoms with Crippen LogP contribution in [0.2, 0.25) is 0 Å². The van der Waals surface area contributed by atoms with Gasteiger partial charge in [-0.2, -0.15) is 20.2 Å². The fourth-order valence-electron chi connectivity index (χ4n) is 2.13. The molecule has 0 spiro atoms. The van der Waals surface area contributed by atoms with Crippen molar-refractivity contribution in [2.75, 3.05) is 51.0 Å². The molecule has 9 nitrogen and oxygen atoms in total. The lowest BCUT2D eigenvalue weighted by molar-refractivity contribution is -0.185. The molecule has 174 valence electrons. The number of thioether (sulfide) groups is 1. The minimum Gasteiger partial charge on any atom is -0.465 e. The van der Waals surface area contributed by atoms with Crippen molar-refractivity contribution < 1.29 is 41.8 Å². The van der Waals surface area contributed by atoms with Crippen LogP contribution in [-0.4, -0.2) is 81.3 Å². The van der Waals surface area contributed by atoms with E-state index in [9.17, 15) is 18.3 Å². The predicted molar refractivity (Wildman–Crippen MR) is 111 cm³/mol. The van der Waals surface area contributed by atoms with Crippen molar-refractivity contribution >= 4 is 27.8 Å². The first-order valence-electron chi connectivity index (χ1n) is 9.44. The number of hydrogen-bond donors (Lipinski definition) is 2. The Hall–Kier alpha value is -0.430. The van der Waals surface area contributed by atoms with E-state index in [4.69, 9.17) is 23.5 Å². The zero-order valence-electron chi connectivity index (χ0n) is 18.0. The van der Waals surface area contributed by atoms with Gasteiger partial charge in [0.1, 0.15) is 6.79 Å². The molecule has 2 unspecified atom stereocenters. The Balaban J connectivity index is 3.91. The molecular weight excluding hydrogens is 424 g/mol. The third-order valence-electron chi connectivity index (χ3n) is 4.39. The Bertz CT molecular complexity index is 566. The third kappa shape index (κ3) is 12.8. The highest BCUT2D eigenvalue weighted by atomic mass is 32.2. The largest absolute Gasteiger partial charge is 0.465 e. The molecule has 0 aromatic rings. The topological polar surface area (TPSA) is 129 Å². The number of ether oxygens (including phenoxy) is 4. The van der Waals surface area contributed by atoms with Gasteiger partial charge in [0.05, 0.1) is 31.0 Å². The van der Waals surface area contributed by atoms with Gasteiger partial charge in [-0.25, -0.2) is 0 Å². The first kappa shape index (κ1) is 28.6. The van der Waals surface area contributed by atoms with Gasteiger partial charge in [0.25, 0.3) is 10.1 Å². The molecule has 0 saturated heterocycles. The minimum atomic E-state index is -4.04. The Morgan fingerprint density at radius 1 is 1.17 bits per heavy atom. The number of aliphatic hydroxyl groups is 1. The second-order valence-corrected chi connectivity index (χ2v) is 10.4. The molecule has 0 saturated carbocycles. The van der Waals surface area contributed by atoms with Crippen molar-refractivity contribution in [3.63, 3.8) is 0 Å². The summed E-state index contributed by atoms with van der Waals surface area (Å²) in [7, 11) is -2.59. The highest BCUT2D eigenvalue weighted by molar-refractivity contribution is 7.99. The maximum atomic E-state index is 12.1. The zero-order chi connectivity index (χ0) is 22.6. The lowest BCUT2D eigenvalue weighted by Gasteiger charge is -2.31. The molecule has 29 heavy (non-hydrogen) atoms.